The molecule has 1 aromatic rings. The maximum Gasteiger partial charge on any atom is 0.275 e. The van der Waals surface area contributed by atoms with E-state index in [4.69, 9.17) is 13.6 Å². The first-order valence-corrected chi connectivity index (χ1v) is 4.57. The average Bonchev–Trinajstić information content (AvgIpc) is 2.06. The van der Waals surface area contributed by atoms with E-state index in [9.17, 15) is 10.1 Å². The number of benzene rings is 1. The third kappa shape index (κ3) is 2.29. The van der Waals surface area contributed by atoms with E-state index in [1.54, 1.807) is 6.07 Å². The molecule has 0 saturated carbocycles. The third-order valence-electron chi connectivity index (χ3n) is 2.21. The van der Waals surface area contributed by atoms with Crippen molar-refractivity contribution in [2.75, 3.05) is 5.73 Å². The minimum absolute atomic E-state index is 0.0224. The molecular formula is C10H13BN2O2. The van der Waals surface area contributed by atoms with Gasteiger partial charge in [-0.1, -0.05) is 32.3 Å². The minimum Gasteiger partial charge on any atom is -0.399 e. The molecule has 0 heterocycles. The number of hydrogen-bond acceptors (Lipinski definition) is 3. The Bertz CT molecular complexity index is 411. The molecular weight excluding hydrogens is 191 g/mol. The molecule has 15 heavy (non-hydrogen) atoms. The minimum atomic E-state index is -0.434. The van der Waals surface area contributed by atoms with Gasteiger partial charge in [0.1, 0.15) is 7.85 Å². The van der Waals surface area contributed by atoms with E-state index in [0.717, 1.165) is 0 Å². The molecule has 2 N–H and O–H groups in total. The van der Waals surface area contributed by atoms with Gasteiger partial charge in [0, 0.05) is 17.3 Å². The molecule has 0 aromatic heterocycles. The lowest BCUT2D eigenvalue weighted by molar-refractivity contribution is -0.385. The van der Waals surface area contributed by atoms with E-state index < -0.39 is 4.92 Å². The van der Waals surface area contributed by atoms with Crippen molar-refractivity contribution < 1.29 is 4.92 Å². The summed E-state index contributed by atoms with van der Waals surface area (Å²) in [6.07, 6.45) is 0. The van der Waals surface area contributed by atoms with Crippen molar-refractivity contribution in [3.8, 4) is 0 Å². The smallest absolute Gasteiger partial charge is 0.275 e. The molecule has 0 bridgehead atoms. The predicted molar refractivity (Wildman–Crippen MR) is 61.6 cm³/mol. The molecule has 0 fully saturated rings. The monoisotopic (exact) mass is 204 g/mol. The van der Waals surface area contributed by atoms with Crippen LogP contribution >= 0.6 is 0 Å². The van der Waals surface area contributed by atoms with Crippen LogP contribution in [-0.4, -0.2) is 12.8 Å². The van der Waals surface area contributed by atoms with Gasteiger partial charge in [0.2, 0.25) is 0 Å². The Hall–Kier alpha value is -1.52. The second-order valence-electron chi connectivity index (χ2n) is 4.51. The molecule has 2 radical (unpaired) electrons. The molecule has 4 nitrogen and oxygen atoms in total. The molecule has 0 aliphatic carbocycles. The van der Waals surface area contributed by atoms with Crippen molar-refractivity contribution in [1.29, 1.82) is 0 Å². The average molecular weight is 204 g/mol. The van der Waals surface area contributed by atoms with Gasteiger partial charge in [0.05, 0.1) is 4.92 Å². The van der Waals surface area contributed by atoms with Crippen molar-refractivity contribution >= 4 is 24.7 Å². The highest BCUT2D eigenvalue weighted by Gasteiger charge is 2.25. The van der Waals surface area contributed by atoms with Gasteiger partial charge in [-0.05, 0) is 5.41 Å². The lowest BCUT2D eigenvalue weighted by Crippen LogP contribution is -2.19. The molecule has 0 amide bonds. The second kappa shape index (κ2) is 3.57. The van der Waals surface area contributed by atoms with Crippen LogP contribution in [0.4, 0.5) is 11.4 Å². The quantitative estimate of drug-likeness (QED) is 0.324. The Morgan fingerprint density at radius 3 is 2.33 bits per heavy atom. The summed E-state index contributed by atoms with van der Waals surface area (Å²) in [7, 11) is 5.64. The highest BCUT2D eigenvalue weighted by Crippen LogP contribution is 2.31. The zero-order chi connectivity index (χ0) is 11.8. The molecule has 0 unspecified atom stereocenters. The largest absolute Gasteiger partial charge is 0.399 e. The van der Waals surface area contributed by atoms with Gasteiger partial charge >= 0.3 is 0 Å². The topological polar surface area (TPSA) is 69.2 Å². The van der Waals surface area contributed by atoms with Crippen molar-refractivity contribution in [3.05, 3.63) is 27.8 Å². The van der Waals surface area contributed by atoms with E-state index in [-0.39, 0.29) is 16.8 Å². The predicted octanol–water partition coefficient (Wildman–Crippen LogP) is 1.27. The summed E-state index contributed by atoms with van der Waals surface area (Å²) in [6.45, 7) is 5.68. The van der Waals surface area contributed by atoms with Gasteiger partial charge in [0.15, 0.2) is 0 Å². The fourth-order valence-corrected chi connectivity index (χ4v) is 1.37. The summed E-state index contributed by atoms with van der Waals surface area (Å²) in [6, 6.07) is 2.89. The zero-order valence-electron chi connectivity index (χ0n) is 9.07. The van der Waals surface area contributed by atoms with Crippen LogP contribution in [0.15, 0.2) is 12.1 Å². The Kier molecular flexibility index (Phi) is 2.75. The van der Waals surface area contributed by atoms with E-state index in [1.807, 2.05) is 20.8 Å². The second-order valence-corrected chi connectivity index (χ2v) is 4.51. The first-order valence-electron chi connectivity index (χ1n) is 4.57. The van der Waals surface area contributed by atoms with Crippen LogP contribution in [-0.2, 0) is 5.41 Å². The van der Waals surface area contributed by atoms with E-state index in [2.05, 4.69) is 0 Å². The first-order chi connectivity index (χ1) is 6.73. The molecule has 78 valence electrons. The Balaban J connectivity index is 3.49. The normalized spacial score (nSPS) is 11.4. The van der Waals surface area contributed by atoms with Crippen molar-refractivity contribution in [2.45, 2.75) is 26.2 Å². The molecule has 1 aromatic carbocycles. The Labute approximate surface area is 90.0 Å². The summed E-state index contributed by atoms with van der Waals surface area (Å²) in [4.78, 5) is 10.4. The van der Waals surface area contributed by atoms with Gasteiger partial charge in [-0.25, -0.2) is 0 Å². The number of nitrogens with zero attached hydrogens (tertiary/aromatic N) is 1. The van der Waals surface area contributed by atoms with Crippen LogP contribution < -0.4 is 11.2 Å². The molecule has 0 saturated heterocycles. The maximum atomic E-state index is 10.8. The van der Waals surface area contributed by atoms with Crippen molar-refractivity contribution in [3.63, 3.8) is 0 Å². The lowest BCUT2D eigenvalue weighted by Gasteiger charge is -2.20. The zero-order valence-corrected chi connectivity index (χ0v) is 9.07. The maximum absolute atomic E-state index is 10.8. The first kappa shape index (κ1) is 11.6. The summed E-state index contributed by atoms with van der Waals surface area (Å²) in [5, 5.41) is 10.8. The third-order valence-corrected chi connectivity index (χ3v) is 2.21. The number of hydrogen-bond donors (Lipinski definition) is 1. The lowest BCUT2D eigenvalue weighted by atomic mass is 9.81. The number of rotatable bonds is 1. The van der Waals surface area contributed by atoms with E-state index >= 15 is 0 Å². The molecule has 0 atom stereocenters. The van der Waals surface area contributed by atoms with Crippen LogP contribution in [0.3, 0.4) is 0 Å². The Morgan fingerprint density at radius 1 is 1.40 bits per heavy atom. The summed E-state index contributed by atoms with van der Waals surface area (Å²) in [5.41, 5.74) is 6.46. The van der Waals surface area contributed by atoms with Gasteiger partial charge in [0.25, 0.3) is 5.69 Å². The number of nitrogen functional groups attached to an aromatic ring is 1. The van der Waals surface area contributed by atoms with Crippen LogP contribution in [0.2, 0.25) is 0 Å². The van der Waals surface area contributed by atoms with Gasteiger partial charge in [-0.15, -0.1) is 0 Å². The summed E-state index contributed by atoms with van der Waals surface area (Å²) < 4.78 is 0. The van der Waals surface area contributed by atoms with Crippen LogP contribution in [0, 0.1) is 10.1 Å². The van der Waals surface area contributed by atoms with Gasteiger partial charge in [-0.3, -0.25) is 10.1 Å². The van der Waals surface area contributed by atoms with Crippen LogP contribution in [0.25, 0.3) is 0 Å². The van der Waals surface area contributed by atoms with Crippen molar-refractivity contribution in [2.24, 2.45) is 0 Å². The Morgan fingerprint density at radius 2 is 1.93 bits per heavy atom. The molecule has 1 rings (SSSR count). The molecule has 5 heteroatoms. The number of anilines is 1. The summed E-state index contributed by atoms with van der Waals surface area (Å²) in [5.74, 6) is 0. The van der Waals surface area contributed by atoms with Gasteiger partial charge in [-0.2, -0.15) is 0 Å². The van der Waals surface area contributed by atoms with Crippen LogP contribution in [0.1, 0.15) is 26.3 Å². The highest BCUT2D eigenvalue weighted by molar-refractivity contribution is 6.35. The number of nitrogens with two attached hydrogens (primary N) is 1. The molecule has 0 aliphatic rings. The van der Waals surface area contributed by atoms with E-state index in [1.165, 1.54) is 6.07 Å². The highest BCUT2D eigenvalue weighted by atomic mass is 16.6. The number of nitro groups is 1. The van der Waals surface area contributed by atoms with Gasteiger partial charge < -0.3 is 5.73 Å². The molecule has 0 aliphatic heterocycles. The standard InChI is InChI=1S/C10H13BN2O2/c1-10(2,3)6-4-7(11)8(12)5-9(6)13(14)15/h4-5H,12H2,1-3H3. The van der Waals surface area contributed by atoms with Crippen molar-refractivity contribution in [1.82, 2.24) is 0 Å². The SMILES string of the molecule is [B]c1cc(C(C)(C)C)c([N+](=O)[O-])cc1N. The fraction of sp³-hybridized carbons (Fsp3) is 0.400. The number of nitro benzene ring substituents is 1. The van der Waals surface area contributed by atoms with E-state index in [0.29, 0.717) is 11.0 Å². The summed E-state index contributed by atoms with van der Waals surface area (Å²) >= 11 is 0. The fourth-order valence-electron chi connectivity index (χ4n) is 1.37. The van der Waals surface area contributed by atoms with Crippen LogP contribution in [0.5, 0.6) is 0 Å². The molecule has 0 spiro atoms.